The smallest absolute Gasteiger partial charge is 0.0802 e. The molecule has 0 amide bonds. The van der Waals surface area contributed by atoms with Crippen LogP contribution in [0.3, 0.4) is 0 Å². The minimum absolute atomic E-state index is 0.389. The van der Waals surface area contributed by atoms with Crippen molar-refractivity contribution in [1.29, 1.82) is 0 Å². The van der Waals surface area contributed by atoms with Crippen molar-refractivity contribution in [3.05, 3.63) is 55.7 Å². The first kappa shape index (κ1) is 16.7. The molecule has 4 heteroatoms. The summed E-state index contributed by atoms with van der Waals surface area (Å²) in [6.07, 6.45) is 0.366. The molecule has 2 aromatic rings. The molecule has 21 heavy (non-hydrogen) atoms. The van der Waals surface area contributed by atoms with Crippen molar-refractivity contribution in [3.63, 3.8) is 0 Å². The predicted octanol–water partition coefficient (Wildman–Crippen LogP) is 4.68. The lowest BCUT2D eigenvalue weighted by atomic mass is 10.0. The van der Waals surface area contributed by atoms with Crippen molar-refractivity contribution in [3.8, 4) is 0 Å². The zero-order chi connectivity index (χ0) is 15.4. The Bertz CT molecular complexity index is 576. The van der Waals surface area contributed by atoms with Crippen molar-refractivity contribution < 1.29 is 5.11 Å². The highest BCUT2D eigenvalue weighted by Gasteiger charge is 2.10. The molecule has 0 spiro atoms. The standard InChI is InChI=1S/C17H22BrNOS/c1-12-6-13(2)8-15(7-12)16(20)4-5-19(3)10-14-9-17(18)21-11-14/h6-9,11,16,20H,4-5,10H2,1-3H3. The summed E-state index contributed by atoms with van der Waals surface area (Å²) in [4.78, 5) is 2.25. The van der Waals surface area contributed by atoms with Gasteiger partial charge in [-0.15, -0.1) is 11.3 Å². The molecule has 1 aromatic carbocycles. The lowest BCUT2D eigenvalue weighted by Gasteiger charge is -2.19. The van der Waals surface area contributed by atoms with Crippen LogP contribution < -0.4 is 0 Å². The van der Waals surface area contributed by atoms with E-state index < -0.39 is 0 Å². The fourth-order valence-electron chi connectivity index (χ4n) is 2.53. The summed E-state index contributed by atoms with van der Waals surface area (Å²) in [5.74, 6) is 0. The summed E-state index contributed by atoms with van der Waals surface area (Å²) in [6.45, 7) is 5.94. The molecule has 2 rings (SSSR count). The maximum absolute atomic E-state index is 10.4. The molecule has 0 saturated heterocycles. The van der Waals surface area contributed by atoms with Crippen molar-refractivity contribution in [2.45, 2.75) is 32.9 Å². The molecule has 1 heterocycles. The highest BCUT2D eigenvalue weighted by Crippen LogP contribution is 2.23. The van der Waals surface area contributed by atoms with Gasteiger partial charge in [-0.1, -0.05) is 29.3 Å². The highest BCUT2D eigenvalue weighted by atomic mass is 79.9. The van der Waals surface area contributed by atoms with Gasteiger partial charge in [0.2, 0.25) is 0 Å². The minimum atomic E-state index is -0.389. The van der Waals surface area contributed by atoms with Gasteiger partial charge < -0.3 is 10.0 Å². The highest BCUT2D eigenvalue weighted by molar-refractivity contribution is 9.11. The SMILES string of the molecule is Cc1cc(C)cc(C(O)CCN(C)Cc2csc(Br)c2)c1. The van der Waals surface area contributed by atoms with E-state index in [1.807, 2.05) is 0 Å². The van der Waals surface area contributed by atoms with Gasteiger partial charge in [-0.2, -0.15) is 0 Å². The van der Waals surface area contributed by atoms with Gasteiger partial charge in [-0.25, -0.2) is 0 Å². The zero-order valence-electron chi connectivity index (χ0n) is 12.8. The largest absolute Gasteiger partial charge is 0.388 e. The molecule has 1 unspecified atom stereocenters. The maximum Gasteiger partial charge on any atom is 0.0802 e. The summed E-state index contributed by atoms with van der Waals surface area (Å²) in [5, 5.41) is 12.5. The van der Waals surface area contributed by atoms with Crippen molar-refractivity contribution in [2.24, 2.45) is 0 Å². The Balaban J connectivity index is 1.86. The van der Waals surface area contributed by atoms with Crippen LogP contribution in [0, 0.1) is 13.8 Å². The van der Waals surface area contributed by atoms with E-state index in [2.05, 4.69) is 71.4 Å². The first-order chi connectivity index (χ1) is 9.94. The van der Waals surface area contributed by atoms with Gasteiger partial charge >= 0.3 is 0 Å². The Hall–Kier alpha value is -0.680. The third-order valence-corrected chi connectivity index (χ3v) is 5.04. The summed E-state index contributed by atoms with van der Waals surface area (Å²) in [6, 6.07) is 8.44. The van der Waals surface area contributed by atoms with Crippen molar-refractivity contribution >= 4 is 27.3 Å². The van der Waals surface area contributed by atoms with Gasteiger partial charge in [-0.3, -0.25) is 0 Å². The van der Waals surface area contributed by atoms with Gasteiger partial charge in [0.05, 0.1) is 9.89 Å². The Labute approximate surface area is 139 Å². The van der Waals surface area contributed by atoms with E-state index in [-0.39, 0.29) is 6.10 Å². The van der Waals surface area contributed by atoms with Crippen molar-refractivity contribution in [2.75, 3.05) is 13.6 Å². The van der Waals surface area contributed by atoms with E-state index >= 15 is 0 Å². The molecule has 0 aliphatic heterocycles. The number of hydrogen-bond acceptors (Lipinski definition) is 3. The van der Waals surface area contributed by atoms with E-state index in [4.69, 9.17) is 0 Å². The lowest BCUT2D eigenvalue weighted by molar-refractivity contribution is 0.147. The summed E-state index contributed by atoms with van der Waals surface area (Å²) >= 11 is 5.20. The van der Waals surface area contributed by atoms with E-state index in [1.165, 1.54) is 20.5 Å². The van der Waals surface area contributed by atoms with Gasteiger partial charge in [0.15, 0.2) is 0 Å². The minimum Gasteiger partial charge on any atom is -0.388 e. The van der Waals surface area contributed by atoms with Gasteiger partial charge in [0, 0.05) is 13.1 Å². The summed E-state index contributed by atoms with van der Waals surface area (Å²) in [5.41, 5.74) is 4.76. The zero-order valence-corrected chi connectivity index (χ0v) is 15.2. The van der Waals surface area contributed by atoms with E-state index in [0.29, 0.717) is 0 Å². The van der Waals surface area contributed by atoms with Crippen LogP contribution >= 0.6 is 27.3 Å². The number of halogens is 1. The van der Waals surface area contributed by atoms with Crippen LogP contribution in [0.25, 0.3) is 0 Å². The number of aliphatic hydroxyl groups is 1. The van der Waals surface area contributed by atoms with Crippen LogP contribution in [0.2, 0.25) is 0 Å². The molecule has 1 aromatic heterocycles. The number of rotatable bonds is 6. The van der Waals surface area contributed by atoms with Crippen LogP contribution in [-0.2, 0) is 6.54 Å². The second kappa shape index (κ2) is 7.54. The van der Waals surface area contributed by atoms with E-state index in [9.17, 15) is 5.11 Å². The molecule has 1 N–H and O–H groups in total. The second-order valence-electron chi connectivity index (χ2n) is 5.72. The van der Waals surface area contributed by atoms with Gasteiger partial charge in [0.25, 0.3) is 0 Å². The average molecular weight is 368 g/mol. The number of aryl methyl sites for hydroxylation is 2. The molecule has 0 saturated carbocycles. The fourth-order valence-corrected chi connectivity index (χ4v) is 3.73. The number of thiophene rings is 1. The number of nitrogens with zero attached hydrogens (tertiary/aromatic N) is 1. The van der Waals surface area contributed by atoms with E-state index in [1.54, 1.807) is 11.3 Å². The first-order valence-corrected chi connectivity index (χ1v) is 8.79. The van der Waals surface area contributed by atoms with Crippen LogP contribution in [0.4, 0.5) is 0 Å². The summed E-state index contributed by atoms with van der Waals surface area (Å²) < 4.78 is 1.17. The van der Waals surface area contributed by atoms with Gasteiger partial charge in [-0.05, 0) is 65.8 Å². The van der Waals surface area contributed by atoms with Crippen LogP contribution in [0.1, 0.15) is 34.8 Å². The molecule has 0 aliphatic carbocycles. The molecule has 1 atom stereocenters. The van der Waals surface area contributed by atoms with Crippen LogP contribution in [0.5, 0.6) is 0 Å². The van der Waals surface area contributed by atoms with E-state index in [0.717, 1.165) is 25.1 Å². The second-order valence-corrected chi connectivity index (χ2v) is 8.01. The molecule has 0 aliphatic rings. The van der Waals surface area contributed by atoms with Crippen LogP contribution in [0.15, 0.2) is 33.4 Å². The topological polar surface area (TPSA) is 23.5 Å². The fraction of sp³-hybridized carbons (Fsp3) is 0.412. The Morgan fingerprint density at radius 3 is 2.43 bits per heavy atom. The van der Waals surface area contributed by atoms with Crippen molar-refractivity contribution in [1.82, 2.24) is 4.90 Å². The third-order valence-electron chi connectivity index (χ3n) is 3.49. The number of benzene rings is 1. The number of aliphatic hydroxyl groups excluding tert-OH is 1. The normalized spacial score (nSPS) is 12.9. The van der Waals surface area contributed by atoms with Crippen LogP contribution in [-0.4, -0.2) is 23.6 Å². The molecule has 0 bridgehead atoms. The Morgan fingerprint density at radius 2 is 1.86 bits per heavy atom. The quantitative estimate of drug-likeness (QED) is 0.800. The van der Waals surface area contributed by atoms with Gasteiger partial charge in [0.1, 0.15) is 0 Å². The molecule has 114 valence electrons. The predicted molar refractivity (Wildman–Crippen MR) is 93.8 cm³/mol. The summed E-state index contributed by atoms with van der Waals surface area (Å²) in [7, 11) is 2.10. The third kappa shape index (κ3) is 5.22. The average Bonchev–Trinajstić information content (AvgIpc) is 2.80. The monoisotopic (exact) mass is 367 g/mol. The molecular weight excluding hydrogens is 346 g/mol. The first-order valence-electron chi connectivity index (χ1n) is 7.12. The number of hydrogen-bond donors (Lipinski definition) is 1. The lowest BCUT2D eigenvalue weighted by Crippen LogP contribution is -2.20. The Morgan fingerprint density at radius 1 is 1.19 bits per heavy atom. The molecule has 0 fully saturated rings. The molecule has 2 nitrogen and oxygen atoms in total. The molecule has 0 radical (unpaired) electrons. The Kier molecular flexibility index (Phi) is 5.99. The maximum atomic E-state index is 10.4. The molecular formula is C17H22BrNOS.